The molecule has 0 fully saturated rings. The highest BCUT2D eigenvalue weighted by molar-refractivity contribution is 6.09. The number of pyridine rings is 1. The molecule has 5 heteroatoms. The summed E-state index contributed by atoms with van der Waals surface area (Å²) < 4.78 is 2.33. The molecule has 0 atom stereocenters. The van der Waals surface area contributed by atoms with E-state index in [-0.39, 0.29) is 0 Å². The second kappa shape index (κ2) is 12.1. The van der Waals surface area contributed by atoms with Gasteiger partial charge in [0, 0.05) is 33.7 Å². The topological polar surface area (TPSA) is 56.5 Å². The Morgan fingerprint density at radius 3 is 1.39 bits per heavy atom. The number of aromatic nitrogens is 5. The molecule has 0 saturated heterocycles. The first kappa shape index (κ1) is 28.5. The van der Waals surface area contributed by atoms with Crippen LogP contribution >= 0.6 is 0 Å². The summed E-state index contributed by atoms with van der Waals surface area (Å²) in [5, 5.41) is 2.39. The van der Waals surface area contributed by atoms with Crippen LogP contribution in [0.25, 0.3) is 84.0 Å². The highest BCUT2D eigenvalue weighted by atomic mass is 15.1. The second-order valence-corrected chi connectivity index (χ2v) is 11.9. The van der Waals surface area contributed by atoms with Gasteiger partial charge in [-0.15, -0.1) is 0 Å². The van der Waals surface area contributed by atoms with Crippen molar-refractivity contribution in [3.8, 4) is 62.2 Å². The second-order valence-electron chi connectivity index (χ2n) is 11.9. The Hall–Kier alpha value is -6.72. The third kappa shape index (κ3) is 5.24. The van der Waals surface area contributed by atoms with Crippen molar-refractivity contribution in [2.24, 2.45) is 0 Å². The average Bonchev–Trinajstić information content (AvgIpc) is 3.53. The number of rotatable bonds is 6. The van der Waals surface area contributed by atoms with Crippen molar-refractivity contribution >= 4 is 21.8 Å². The lowest BCUT2D eigenvalue weighted by Crippen LogP contribution is -2.03. The maximum atomic E-state index is 5.06. The van der Waals surface area contributed by atoms with Crippen LogP contribution < -0.4 is 0 Å². The molecule has 0 bridgehead atoms. The van der Waals surface area contributed by atoms with E-state index in [1.54, 1.807) is 0 Å². The smallest absolute Gasteiger partial charge is 0.182 e. The Kier molecular flexibility index (Phi) is 7.06. The molecule has 0 aliphatic rings. The number of fused-ring (bicyclic) bond motifs is 3. The fourth-order valence-corrected chi connectivity index (χ4v) is 6.55. The number of nitrogens with zero attached hydrogens (tertiary/aromatic N) is 5. The van der Waals surface area contributed by atoms with E-state index in [9.17, 15) is 0 Å². The molecule has 0 aliphatic heterocycles. The van der Waals surface area contributed by atoms with Gasteiger partial charge in [-0.3, -0.25) is 4.98 Å². The van der Waals surface area contributed by atoms with E-state index >= 15 is 0 Å². The van der Waals surface area contributed by atoms with Crippen molar-refractivity contribution in [2.75, 3.05) is 0 Å². The van der Waals surface area contributed by atoms with Crippen LogP contribution in [0.3, 0.4) is 0 Å². The molecule has 9 rings (SSSR count). The molecule has 0 aliphatic carbocycles. The Morgan fingerprint density at radius 1 is 0.367 bits per heavy atom. The number of benzene rings is 6. The first-order valence-corrected chi connectivity index (χ1v) is 16.3. The van der Waals surface area contributed by atoms with Crippen molar-refractivity contribution in [3.63, 3.8) is 0 Å². The minimum Gasteiger partial charge on any atom is -0.308 e. The first-order chi connectivity index (χ1) is 24.3. The van der Waals surface area contributed by atoms with Crippen LogP contribution in [-0.2, 0) is 0 Å². The lowest BCUT2D eigenvalue weighted by atomic mass is 10.0. The van der Waals surface area contributed by atoms with Crippen LogP contribution in [0.2, 0.25) is 0 Å². The van der Waals surface area contributed by atoms with Gasteiger partial charge in [-0.2, -0.15) is 0 Å². The van der Waals surface area contributed by atoms with Gasteiger partial charge in [-0.1, -0.05) is 152 Å². The SMILES string of the molecule is c1ccc(-c2ccc(-c3nc(-c4ccccc4)nc(-c4cc(-n5c6ccccc6c6ccccc65)c(-c5ccccc5)cn4)n3)cc2)cc1. The highest BCUT2D eigenvalue weighted by Crippen LogP contribution is 2.37. The van der Waals surface area contributed by atoms with E-state index in [0.717, 1.165) is 50.1 Å². The van der Waals surface area contributed by atoms with Gasteiger partial charge in [0.2, 0.25) is 0 Å². The minimum absolute atomic E-state index is 0.512. The van der Waals surface area contributed by atoms with Crippen LogP contribution in [-0.4, -0.2) is 24.5 Å². The van der Waals surface area contributed by atoms with Gasteiger partial charge in [0.1, 0.15) is 5.69 Å². The Bertz CT molecular complexity index is 2520. The largest absolute Gasteiger partial charge is 0.308 e. The number of hydrogen-bond acceptors (Lipinski definition) is 4. The lowest BCUT2D eigenvalue weighted by Gasteiger charge is -2.15. The van der Waals surface area contributed by atoms with E-state index in [1.807, 2.05) is 48.7 Å². The standard InChI is InChI=1S/C44H29N5/c1-4-14-30(15-5-1)31-24-26-34(27-25-31)43-46-42(33-18-8-3-9-19-33)47-44(48-43)38-28-41(37(29-45-38)32-16-6-2-7-17-32)49-39-22-12-10-20-35(39)36-21-11-13-23-40(36)49/h1-29H. The zero-order valence-electron chi connectivity index (χ0n) is 26.5. The molecule has 9 aromatic rings. The van der Waals surface area contributed by atoms with Crippen molar-refractivity contribution in [1.82, 2.24) is 24.5 Å². The Balaban J connectivity index is 1.26. The lowest BCUT2D eigenvalue weighted by molar-refractivity contribution is 1.05. The summed E-state index contributed by atoms with van der Waals surface area (Å²) in [7, 11) is 0. The monoisotopic (exact) mass is 627 g/mol. The molecular formula is C44H29N5. The molecule has 3 aromatic heterocycles. The van der Waals surface area contributed by atoms with Gasteiger partial charge in [0.15, 0.2) is 17.5 Å². The molecule has 0 N–H and O–H groups in total. The van der Waals surface area contributed by atoms with E-state index in [4.69, 9.17) is 19.9 Å². The van der Waals surface area contributed by atoms with E-state index in [2.05, 4.69) is 132 Å². The molecule has 0 radical (unpaired) electrons. The third-order valence-electron chi connectivity index (χ3n) is 8.93. The maximum Gasteiger partial charge on any atom is 0.182 e. The maximum absolute atomic E-state index is 5.06. The fraction of sp³-hybridized carbons (Fsp3) is 0. The van der Waals surface area contributed by atoms with Crippen molar-refractivity contribution in [3.05, 3.63) is 176 Å². The molecular weight excluding hydrogens is 599 g/mol. The van der Waals surface area contributed by atoms with Crippen LogP contribution in [0.15, 0.2) is 176 Å². The van der Waals surface area contributed by atoms with Crippen molar-refractivity contribution in [1.29, 1.82) is 0 Å². The molecule has 0 spiro atoms. The van der Waals surface area contributed by atoms with Crippen molar-refractivity contribution < 1.29 is 0 Å². The van der Waals surface area contributed by atoms with Gasteiger partial charge >= 0.3 is 0 Å². The van der Waals surface area contributed by atoms with Gasteiger partial charge in [-0.25, -0.2) is 15.0 Å². The van der Waals surface area contributed by atoms with Gasteiger partial charge < -0.3 is 4.57 Å². The summed E-state index contributed by atoms with van der Waals surface area (Å²) >= 11 is 0. The summed E-state index contributed by atoms with van der Waals surface area (Å²) in [6.07, 6.45) is 1.95. The van der Waals surface area contributed by atoms with Crippen LogP contribution in [0.1, 0.15) is 0 Å². The molecule has 49 heavy (non-hydrogen) atoms. The normalized spacial score (nSPS) is 11.3. The molecule has 0 saturated carbocycles. The third-order valence-corrected chi connectivity index (χ3v) is 8.93. The number of hydrogen-bond donors (Lipinski definition) is 0. The Morgan fingerprint density at radius 2 is 0.796 bits per heavy atom. The zero-order chi connectivity index (χ0) is 32.6. The Labute approximate surface area is 283 Å². The van der Waals surface area contributed by atoms with Crippen LogP contribution in [0.4, 0.5) is 0 Å². The summed E-state index contributed by atoms with van der Waals surface area (Å²) in [6, 6.07) is 58.4. The summed E-state index contributed by atoms with van der Waals surface area (Å²) in [5.74, 6) is 1.70. The molecule has 5 nitrogen and oxygen atoms in total. The molecule has 3 heterocycles. The summed E-state index contributed by atoms with van der Waals surface area (Å²) in [4.78, 5) is 20.1. The highest BCUT2D eigenvalue weighted by Gasteiger charge is 2.19. The summed E-state index contributed by atoms with van der Waals surface area (Å²) in [5.41, 5.74) is 10.1. The van der Waals surface area contributed by atoms with Crippen molar-refractivity contribution in [2.45, 2.75) is 0 Å². The van der Waals surface area contributed by atoms with E-state index in [1.165, 1.54) is 10.8 Å². The van der Waals surface area contributed by atoms with Crippen LogP contribution in [0.5, 0.6) is 0 Å². The van der Waals surface area contributed by atoms with Gasteiger partial charge in [-0.05, 0) is 34.9 Å². The molecule has 6 aromatic carbocycles. The quantitative estimate of drug-likeness (QED) is 0.184. The fourth-order valence-electron chi connectivity index (χ4n) is 6.55. The van der Waals surface area contributed by atoms with E-state index in [0.29, 0.717) is 23.2 Å². The van der Waals surface area contributed by atoms with Gasteiger partial charge in [0.25, 0.3) is 0 Å². The minimum atomic E-state index is 0.512. The molecule has 0 unspecified atom stereocenters. The molecule has 0 amide bonds. The van der Waals surface area contributed by atoms with Crippen LogP contribution in [0, 0.1) is 0 Å². The first-order valence-electron chi connectivity index (χ1n) is 16.3. The number of para-hydroxylation sites is 2. The zero-order valence-corrected chi connectivity index (χ0v) is 26.5. The van der Waals surface area contributed by atoms with E-state index < -0.39 is 0 Å². The summed E-state index contributed by atoms with van der Waals surface area (Å²) in [6.45, 7) is 0. The van der Waals surface area contributed by atoms with Gasteiger partial charge in [0.05, 0.1) is 16.7 Å². The molecule has 230 valence electrons. The predicted molar refractivity (Wildman–Crippen MR) is 199 cm³/mol. The average molecular weight is 628 g/mol. The predicted octanol–water partition coefficient (Wildman–Crippen LogP) is 10.7.